The van der Waals surface area contributed by atoms with E-state index in [-0.39, 0.29) is 43.2 Å². The second kappa shape index (κ2) is 22.4. The minimum Gasteiger partial charge on any atom is -0.444 e. The summed E-state index contributed by atoms with van der Waals surface area (Å²) in [5.41, 5.74) is 0.749. The van der Waals surface area contributed by atoms with Crippen LogP contribution in [0.4, 0.5) is 9.59 Å². The molecule has 1 radical (unpaired) electrons. The lowest BCUT2D eigenvalue weighted by atomic mass is 9.99. The third-order valence-electron chi connectivity index (χ3n) is 9.27. The first-order valence-electron chi connectivity index (χ1n) is 19.6. The molecular weight excluding hydrogens is 715 g/mol. The lowest BCUT2D eigenvalue weighted by Gasteiger charge is -2.35. The molecule has 1 aliphatic heterocycles. The number of nitrogens with zero attached hydrogens (tertiary/aromatic N) is 1. The fourth-order valence-corrected chi connectivity index (χ4v) is 6.42. The van der Waals surface area contributed by atoms with Crippen LogP contribution in [0.15, 0.2) is 60.7 Å². The topological polar surface area (TPSA) is 187 Å². The van der Waals surface area contributed by atoms with Crippen LogP contribution in [-0.4, -0.2) is 96.6 Å². The summed E-state index contributed by atoms with van der Waals surface area (Å²) in [6, 6.07) is 13.9. The Hall–Kier alpha value is -5.14. The van der Waals surface area contributed by atoms with Crippen LogP contribution in [0.1, 0.15) is 84.3 Å². The predicted molar refractivity (Wildman–Crippen MR) is 215 cm³/mol. The summed E-state index contributed by atoms with van der Waals surface area (Å²) in [5.74, 6) is -1.94. The van der Waals surface area contributed by atoms with Crippen LogP contribution in [0.25, 0.3) is 0 Å². The van der Waals surface area contributed by atoms with E-state index in [4.69, 9.17) is 4.74 Å². The molecule has 0 bridgehead atoms. The summed E-state index contributed by atoms with van der Waals surface area (Å²) in [5, 5.41) is 16.8. The van der Waals surface area contributed by atoms with Crippen molar-refractivity contribution in [2.24, 2.45) is 5.92 Å². The van der Waals surface area contributed by atoms with Crippen molar-refractivity contribution in [2.45, 2.75) is 122 Å². The molecule has 1 saturated heterocycles. The van der Waals surface area contributed by atoms with Crippen LogP contribution in [0.3, 0.4) is 0 Å². The third kappa shape index (κ3) is 15.9. The largest absolute Gasteiger partial charge is 0.444 e. The van der Waals surface area contributed by atoms with Gasteiger partial charge in [-0.25, -0.2) is 9.59 Å². The number of urea groups is 1. The van der Waals surface area contributed by atoms with Crippen molar-refractivity contribution in [2.75, 3.05) is 20.1 Å². The van der Waals surface area contributed by atoms with Gasteiger partial charge in [0.15, 0.2) is 0 Å². The standard InChI is InChI=1S/C42H62N7O7/c1-8-9-20-32(39(53)49-23-21-31(22-24-49)44-40(54)43-7)45-36(50)33(25-28(2)3)46-37(51)34(26-29-16-12-10-13-17-29)47-38(52)35(27-30-18-14-11-15-19-30)48-41(55)56-42(4,5)6/h10-19,28,31-35H,1,8-9,20-27H2,2-7H3,(H,45,50)(H,46,51)(H,47,52)(H,48,55)(H2,43,44,54)/t32-,33-,34-,35-/m1/s1. The first-order valence-corrected chi connectivity index (χ1v) is 19.6. The number of alkyl carbamates (subject to hydrolysis) is 1. The van der Waals surface area contributed by atoms with Gasteiger partial charge in [-0.2, -0.15) is 0 Å². The molecule has 2 aromatic carbocycles. The zero-order chi connectivity index (χ0) is 41.3. The van der Waals surface area contributed by atoms with E-state index in [1.165, 1.54) is 0 Å². The van der Waals surface area contributed by atoms with Crippen LogP contribution in [0.2, 0.25) is 0 Å². The van der Waals surface area contributed by atoms with Gasteiger partial charge in [-0.1, -0.05) is 94.3 Å². The third-order valence-corrected chi connectivity index (χ3v) is 9.27. The van der Waals surface area contributed by atoms with Gasteiger partial charge < -0.3 is 41.5 Å². The van der Waals surface area contributed by atoms with Gasteiger partial charge >= 0.3 is 12.1 Å². The molecule has 0 aromatic heterocycles. The van der Waals surface area contributed by atoms with E-state index in [1.807, 2.05) is 74.5 Å². The predicted octanol–water partition coefficient (Wildman–Crippen LogP) is 3.79. The van der Waals surface area contributed by atoms with Gasteiger partial charge in [0.25, 0.3) is 0 Å². The van der Waals surface area contributed by atoms with E-state index in [2.05, 4.69) is 38.8 Å². The summed E-state index contributed by atoms with van der Waals surface area (Å²) in [6.07, 6.45) is 2.42. The number of rotatable bonds is 18. The molecule has 0 unspecified atom stereocenters. The lowest BCUT2D eigenvalue weighted by molar-refractivity contribution is -0.138. The Morgan fingerprint density at radius 2 is 1.23 bits per heavy atom. The Labute approximate surface area is 332 Å². The number of amides is 7. The fourth-order valence-electron chi connectivity index (χ4n) is 6.42. The van der Waals surface area contributed by atoms with Crippen molar-refractivity contribution >= 4 is 35.8 Å². The van der Waals surface area contributed by atoms with Gasteiger partial charge in [-0.15, -0.1) is 0 Å². The molecule has 1 fully saturated rings. The second-order valence-corrected chi connectivity index (χ2v) is 15.7. The molecule has 0 aliphatic carbocycles. The van der Waals surface area contributed by atoms with Gasteiger partial charge in [0.1, 0.15) is 29.8 Å². The Kier molecular flexibility index (Phi) is 18.1. The van der Waals surface area contributed by atoms with Crippen molar-refractivity contribution in [3.63, 3.8) is 0 Å². The Morgan fingerprint density at radius 1 is 0.750 bits per heavy atom. The van der Waals surface area contributed by atoms with Gasteiger partial charge in [0.2, 0.25) is 23.6 Å². The maximum Gasteiger partial charge on any atom is 0.408 e. The molecule has 1 heterocycles. The highest BCUT2D eigenvalue weighted by Gasteiger charge is 2.34. The second-order valence-electron chi connectivity index (χ2n) is 15.7. The van der Waals surface area contributed by atoms with Crippen molar-refractivity contribution in [1.29, 1.82) is 0 Å². The molecule has 56 heavy (non-hydrogen) atoms. The van der Waals surface area contributed by atoms with Crippen molar-refractivity contribution < 1.29 is 33.5 Å². The molecule has 307 valence electrons. The highest BCUT2D eigenvalue weighted by atomic mass is 16.6. The molecule has 7 amide bonds. The van der Waals surface area contributed by atoms with Crippen LogP contribution in [-0.2, 0) is 36.8 Å². The maximum atomic E-state index is 14.2. The number of likely N-dealkylation sites (tertiary alicyclic amines) is 1. The summed E-state index contributed by atoms with van der Waals surface area (Å²) in [7, 11) is 1.55. The van der Waals surface area contributed by atoms with Crippen LogP contribution < -0.4 is 31.9 Å². The molecule has 0 spiro atoms. The first-order chi connectivity index (χ1) is 26.6. The smallest absolute Gasteiger partial charge is 0.408 e. The molecule has 6 N–H and O–H groups in total. The van der Waals surface area contributed by atoms with Crippen molar-refractivity contribution in [3.8, 4) is 0 Å². The Morgan fingerprint density at radius 3 is 1.71 bits per heavy atom. The van der Waals surface area contributed by atoms with E-state index in [0.717, 1.165) is 11.1 Å². The number of hydrogen-bond acceptors (Lipinski definition) is 7. The summed E-state index contributed by atoms with van der Waals surface area (Å²) < 4.78 is 5.45. The van der Waals surface area contributed by atoms with E-state index in [9.17, 15) is 28.8 Å². The van der Waals surface area contributed by atoms with Crippen molar-refractivity contribution in [3.05, 3.63) is 78.7 Å². The molecule has 0 saturated carbocycles. The number of hydrogen-bond donors (Lipinski definition) is 6. The van der Waals surface area contributed by atoms with Gasteiger partial charge in [-0.05, 0) is 63.5 Å². The van der Waals surface area contributed by atoms with Gasteiger partial charge in [0.05, 0.1) is 0 Å². The molecule has 14 nitrogen and oxygen atoms in total. The minimum atomic E-state index is -1.13. The van der Waals surface area contributed by atoms with Crippen LogP contribution in [0, 0.1) is 12.8 Å². The van der Waals surface area contributed by atoms with Gasteiger partial charge in [-0.3, -0.25) is 19.2 Å². The monoisotopic (exact) mass is 776 g/mol. The normalized spacial score (nSPS) is 15.4. The molecule has 1 aliphatic rings. The number of ether oxygens (including phenoxy) is 1. The maximum absolute atomic E-state index is 14.2. The van der Waals surface area contributed by atoms with E-state index >= 15 is 0 Å². The number of carbonyl (C=O) groups excluding carboxylic acids is 6. The number of nitrogens with one attached hydrogen (secondary N) is 6. The van der Waals surface area contributed by atoms with E-state index in [0.29, 0.717) is 45.2 Å². The summed E-state index contributed by atoms with van der Waals surface area (Å²) in [6.45, 7) is 13.8. The van der Waals surface area contributed by atoms with Gasteiger partial charge in [0, 0.05) is 39.0 Å². The zero-order valence-electron chi connectivity index (χ0n) is 33.8. The Balaban J connectivity index is 1.82. The van der Waals surface area contributed by atoms with E-state index < -0.39 is 53.6 Å². The fraction of sp³-hybridized carbons (Fsp3) is 0.548. The van der Waals surface area contributed by atoms with Crippen molar-refractivity contribution in [1.82, 2.24) is 36.8 Å². The molecular formula is C42H62N7O7. The highest BCUT2D eigenvalue weighted by Crippen LogP contribution is 2.16. The van der Waals surface area contributed by atoms with E-state index in [1.54, 1.807) is 32.7 Å². The zero-order valence-corrected chi connectivity index (χ0v) is 33.8. The van der Waals surface area contributed by atoms with Crippen LogP contribution >= 0.6 is 0 Å². The molecule has 2 aromatic rings. The number of benzene rings is 2. The molecule has 3 rings (SSSR count). The number of piperidine rings is 1. The molecule has 4 atom stereocenters. The SMILES string of the molecule is [CH2]CCC[C@@H](NC(=O)[C@@H](CC(C)C)NC(=O)[C@@H](Cc1ccccc1)NC(=O)[C@@H](Cc1ccccc1)NC(=O)OC(C)(C)C)C(=O)N1CCC(NC(=O)NC)CC1. The summed E-state index contributed by atoms with van der Waals surface area (Å²) >= 11 is 0. The summed E-state index contributed by atoms with van der Waals surface area (Å²) in [4.78, 5) is 82.4. The number of carbonyl (C=O) groups is 6. The lowest BCUT2D eigenvalue weighted by Crippen LogP contribution is -2.59. The minimum absolute atomic E-state index is 0.0117. The average Bonchev–Trinajstić information content (AvgIpc) is 3.15. The Bertz CT molecular complexity index is 1570. The van der Waals surface area contributed by atoms with Crippen LogP contribution in [0.5, 0.6) is 0 Å². The molecule has 14 heteroatoms. The first kappa shape index (κ1) is 45.3. The average molecular weight is 777 g/mol. The highest BCUT2D eigenvalue weighted by molar-refractivity contribution is 5.95. The number of unbranched alkanes of at least 4 members (excludes halogenated alkanes) is 1. The quantitative estimate of drug-likeness (QED) is 0.133.